The van der Waals surface area contributed by atoms with Gasteiger partial charge in [-0.3, -0.25) is 33.8 Å². The van der Waals surface area contributed by atoms with Gasteiger partial charge in [-0.1, -0.05) is 0 Å². The van der Waals surface area contributed by atoms with Gasteiger partial charge in [0, 0.05) is 6.54 Å². The molecule has 0 aliphatic rings. The summed E-state index contributed by atoms with van der Waals surface area (Å²) in [5, 5.41) is 33.2. The molecule has 16 heteroatoms. The Morgan fingerprint density at radius 3 is 1.82 bits per heavy atom. The summed E-state index contributed by atoms with van der Waals surface area (Å²) in [6.07, 6.45) is -1.55. The standard InChI is InChI=1S/C17H29N7O9/c1-7(16(32)33)22-14(30)9(3-2-4-21-17(19)20)23-15(31)10(6-12(27)28)24-13(29)8(18)5-11(25)26/h7-10H,2-6,18H2,1H3,(H,22,30)(H,23,31)(H,24,29)(H,25,26)(H,27,28)(H,32,33)(H4,19,20,21). The van der Waals surface area contributed by atoms with E-state index in [9.17, 15) is 28.8 Å². The number of carbonyl (C=O) groups is 6. The summed E-state index contributed by atoms with van der Waals surface area (Å²) in [6.45, 7) is 1.27. The summed E-state index contributed by atoms with van der Waals surface area (Å²) in [5.74, 6) is -7.47. The van der Waals surface area contributed by atoms with Crippen LogP contribution in [0.3, 0.4) is 0 Å². The van der Waals surface area contributed by atoms with Crippen LogP contribution in [-0.2, 0) is 28.8 Å². The first-order valence-corrected chi connectivity index (χ1v) is 9.63. The first-order chi connectivity index (χ1) is 15.2. The molecular formula is C17H29N7O9. The summed E-state index contributed by atoms with van der Waals surface area (Å²) >= 11 is 0. The van der Waals surface area contributed by atoms with Crippen molar-refractivity contribution in [3.8, 4) is 0 Å². The molecule has 16 nitrogen and oxygen atoms in total. The molecule has 0 fully saturated rings. The van der Waals surface area contributed by atoms with E-state index in [1.165, 1.54) is 6.92 Å². The Hall–Kier alpha value is -3.95. The lowest BCUT2D eigenvalue weighted by molar-refractivity contribution is -0.143. The van der Waals surface area contributed by atoms with Crippen molar-refractivity contribution in [2.75, 3.05) is 6.54 Å². The van der Waals surface area contributed by atoms with Gasteiger partial charge in [-0.05, 0) is 19.8 Å². The molecule has 0 aromatic rings. The van der Waals surface area contributed by atoms with E-state index in [1.807, 2.05) is 5.32 Å². The summed E-state index contributed by atoms with van der Waals surface area (Å²) in [5.41, 5.74) is 15.8. The molecular weight excluding hydrogens is 446 g/mol. The second-order valence-corrected chi connectivity index (χ2v) is 6.94. The highest BCUT2D eigenvalue weighted by Gasteiger charge is 2.31. The lowest BCUT2D eigenvalue weighted by Crippen LogP contribution is -2.57. The number of amides is 3. The number of nitrogens with two attached hydrogens (primary N) is 3. The Balaban J connectivity index is 5.47. The average molecular weight is 475 g/mol. The number of aliphatic imine (C=N–C) groups is 1. The van der Waals surface area contributed by atoms with Crippen LogP contribution in [0.25, 0.3) is 0 Å². The zero-order valence-electron chi connectivity index (χ0n) is 17.8. The summed E-state index contributed by atoms with van der Waals surface area (Å²) in [4.78, 5) is 73.6. The minimum absolute atomic E-state index is 0.0625. The third kappa shape index (κ3) is 12.5. The molecule has 0 aromatic heterocycles. The van der Waals surface area contributed by atoms with E-state index in [2.05, 4.69) is 15.6 Å². The van der Waals surface area contributed by atoms with E-state index < -0.39 is 72.6 Å². The van der Waals surface area contributed by atoms with Gasteiger partial charge in [0.25, 0.3) is 0 Å². The Labute approximate surface area is 187 Å². The highest BCUT2D eigenvalue weighted by Crippen LogP contribution is 2.03. The van der Waals surface area contributed by atoms with E-state index in [0.29, 0.717) is 0 Å². The molecule has 0 aliphatic heterocycles. The summed E-state index contributed by atoms with van der Waals surface area (Å²) < 4.78 is 0. The minimum atomic E-state index is -1.69. The quantitative estimate of drug-likeness (QED) is 0.0620. The van der Waals surface area contributed by atoms with Crippen molar-refractivity contribution in [1.82, 2.24) is 16.0 Å². The smallest absolute Gasteiger partial charge is 0.325 e. The van der Waals surface area contributed by atoms with Crippen LogP contribution in [0.2, 0.25) is 0 Å². The lowest BCUT2D eigenvalue weighted by atomic mass is 10.1. The maximum absolute atomic E-state index is 12.6. The summed E-state index contributed by atoms with van der Waals surface area (Å²) in [7, 11) is 0. The molecule has 0 saturated carbocycles. The molecule has 0 spiro atoms. The Morgan fingerprint density at radius 1 is 0.818 bits per heavy atom. The monoisotopic (exact) mass is 475 g/mol. The molecule has 0 rings (SSSR count). The fourth-order valence-electron chi connectivity index (χ4n) is 2.36. The number of nitrogens with one attached hydrogen (secondary N) is 3. The predicted octanol–water partition coefficient (Wildman–Crippen LogP) is -4.12. The highest BCUT2D eigenvalue weighted by atomic mass is 16.4. The first-order valence-electron chi connectivity index (χ1n) is 9.63. The SMILES string of the molecule is CC(NC(=O)C(CCCN=C(N)N)NC(=O)C(CC(=O)O)NC(=O)C(N)CC(=O)O)C(=O)O. The predicted molar refractivity (Wildman–Crippen MR) is 111 cm³/mol. The van der Waals surface area contributed by atoms with Crippen LogP contribution in [0, 0.1) is 0 Å². The number of carboxylic acid groups (broad SMARTS) is 3. The molecule has 3 amide bonds. The topological polar surface area (TPSA) is 290 Å². The molecule has 186 valence electrons. The van der Waals surface area contributed by atoms with Crippen molar-refractivity contribution in [1.29, 1.82) is 0 Å². The van der Waals surface area contributed by atoms with Gasteiger partial charge in [0.05, 0.1) is 18.9 Å². The van der Waals surface area contributed by atoms with Gasteiger partial charge in [0.2, 0.25) is 17.7 Å². The second kappa shape index (κ2) is 14.2. The van der Waals surface area contributed by atoms with E-state index in [1.54, 1.807) is 0 Å². The van der Waals surface area contributed by atoms with Crippen LogP contribution in [-0.4, -0.2) is 87.6 Å². The molecule has 4 atom stereocenters. The fraction of sp³-hybridized carbons (Fsp3) is 0.588. The van der Waals surface area contributed by atoms with Crippen LogP contribution in [0.4, 0.5) is 0 Å². The molecule has 0 aromatic carbocycles. The molecule has 4 unspecified atom stereocenters. The van der Waals surface area contributed by atoms with E-state index in [4.69, 9.17) is 32.5 Å². The Bertz CT molecular complexity index is 783. The zero-order valence-corrected chi connectivity index (χ0v) is 17.8. The third-order valence-electron chi connectivity index (χ3n) is 4.05. The van der Waals surface area contributed by atoms with Crippen molar-refractivity contribution in [2.24, 2.45) is 22.2 Å². The minimum Gasteiger partial charge on any atom is -0.481 e. The van der Waals surface area contributed by atoms with Crippen LogP contribution >= 0.6 is 0 Å². The zero-order chi connectivity index (χ0) is 25.7. The van der Waals surface area contributed by atoms with Gasteiger partial charge in [0.1, 0.15) is 18.1 Å². The van der Waals surface area contributed by atoms with Gasteiger partial charge in [-0.2, -0.15) is 0 Å². The van der Waals surface area contributed by atoms with Crippen molar-refractivity contribution in [3.63, 3.8) is 0 Å². The number of nitrogens with zero attached hydrogens (tertiary/aromatic N) is 1. The Kier molecular flexibility index (Phi) is 12.5. The summed E-state index contributed by atoms with van der Waals surface area (Å²) in [6, 6.07) is -5.87. The number of hydrogen-bond acceptors (Lipinski definition) is 8. The number of rotatable bonds is 15. The number of hydrogen-bond donors (Lipinski definition) is 9. The first kappa shape index (κ1) is 29.0. The van der Waals surface area contributed by atoms with E-state index in [0.717, 1.165) is 0 Å². The maximum atomic E-state index is 12.6. The number of carboxylic acids is 3. The van der Waals surface area contributed by atoms with Crippen LogP contribution in [0.5, 0.6) is 0 Å². The fourth-order valence-corrected chi connectivity index (χ4v) is 2.36. The van der Waals surface area contributed by atoms with Crippen molar-refractivity contribution < 1.29 is 44.1 Å². The molecule has 0 heterocycles. The van der Waals surface area contributed by atoms with E-state index in [-0.39, 0.29) is 25.3 Å². The number of guanidine groups is 1. The number of aliphatic carboxylic acids is 3. The molecule has 0 aliphatic carbocycles. The average Bonchev–Trinajstić information content (AvgIpc) is 2.68. The van der Waals surface area contributed by atoms with Crippen molar-refractivity contribution in [2.45, 2.75) is 56.8 Å². The van der Waals surface area contributed by atoms with Crippen LogP contribution < -0.4 is 33.2 Å². The third-order valence-corrected chi connectivity index (χ3v) is 4.05. The molecule has 12 N–H and O–H groups in total. The molecule has 0 radical (unpaired) electrons. The van der Waals surface area contributed by atoms with Gasteiger partial charge < -0.3 is 48.5 Å². The molecule has 0 saturated heterocycles. The maximum Gasteiger partial charge on any atom is 0.325 e. The van der Waals surface area contributed by atoms with Gasteiger partial charge in [0.15, 0.2) is 5.96 Å². The highest BCUT2D eigenvalue weighted by molar-refractivity contribution is 5.96. The van der Waals surface area contributed by atoms with Crippen molar-refractivity contribution >= 4 is 41.6 Å². The molecule has 0 bridgehead atoms. The Morgan fingerprint density at radius 2 is 1.33 bits per heavy atom. The normalized spacial score (nSPS) is 14.0. The van der Waals surface area contributed by atoms with Crippen LogP contribution in [0.15, 0.2) is 4.99 Å². The van der Waals surface area contributed by atoms with Crippen LogP contribution in [0.1, 0.15) is 32.6 Å². The van der Waals surface area contributed by atoms with Gasteiger partial charge in [-0.15, -0.1) is 0 Å². The van der Waals surface area contributed by atoms with E-state index >= 15 is 0 Å². The van der Waals surface area contributed by atoms with Gasteiger partial charge in [-0.25, -0.2) is 0 Å². The largest absolute Gasteiger partial charge is 0.481 e. The van der Waals surface area contributed by atoms with Gasteiger partial charge >= 0.3 is 17.9 Å². The lowest BCUT2D eigenvalue weighted by Gasteiger charge is -2.24. The number of carbonyl (C=O) groups excluding carboxylic acids is 3. The molecule has 33 heavy (non-hydrogen) atoms. The second-order valence-electron chi connectivity index (χ2n) is 6.94. The van der Waals surface area contributed by atoms with Crippen molar-refractivity contribution in [3.05, 3.63) is 0 Å².